The molecule has 0 aliphatic carbocycles. The summed E-state index contributed by atoms with van der Waals surface area (Å²) in [6, 6.07) is -0.164. The van der Waals surface area contributed by atoms with Crippen LogP contribution >= 0.6 is 0 Å². The van der Waals surface area contributed by atoms with Crippen LogP contribution in [0.5, 0.6) is 0 Å². The Labute approximate surface area is 82.0 Å². The number of carboxylic acids is 1. The maximum Gasteiger partial charge on any atom is 0.303 e. The molecular weight excluding hydrogens is 182 g/mol. The second-order valence-electron chi connectivity index (χ2n) is 3.09. The predicted octanol–water partition coefficient (Wildman–Crippen LogP) is 0.211. The molecule has 5 nitrogen and oxygen atoms in total. The van der Waals surface area contributed by atoms with Crippen LogP contribution in [0.1, 0.15) is 18.5 Å². The van der Waals surface area contributed by atoms with Crippen molar-refractivity contribution in [1.82, 2.24) is 9.97 Å². The van der Waals surface area contributed by atoms with Gasteiger partial charge in [0, 0.05) is 37.5 Å². The molecule has 0 bridgehead atoms. The topological polar surface area (TPSA) is 89.1 Å². The van der Waals surface area contributed by atoms with E-state index in [0.717, 1.165) is 5.69 Å². The molecule has 14 heavy (non-hydrogen) atoms. The van der Waals surface area contributed by atoms with Crippen LogP contribution in [0.2, 0.25) is 0 Å². The highest BCUT2D eigenvalue weighted by Crippen LogP contribution is 2.01. The molecule has 5 heteroatoms. The van der Waals surface area contributed by atoms with E-state index < -0.39 is 5.97 Å². The molecule has 0 radical (unpaired) electrons. The third-order valence-electron chi connectivity index (χ3n) is 1.82. The Morgan fingerprint density at radius 2 is 2.36 bits per heavy atom. The second-order valence-corrected chi connectivity index (χ2v) is 3.09. The molecule has 0 aliphatic rings. The molecule has 1 atom stereocenters. The van der Waals surface area contributed by atoms with Gasteiger partial charge in [0.1, 0.15) is 0 Å². The summed E-state index contributed by atoms with van der Waals surface area (Å²) >= 11 is 0. The van der Waals surface area contributed by atoms with E-state index in [1.807, 2.05) is 0 Å². The lowest BCUT2D eigenvalue weighted by Crippen LogP contribution is -2.24. The SMILES string of the molecule is NC(CCC(=O)O)Cc1cnccn1. The van der Waals surface area contributed by atoms with E-state index in [2.05, 4.69) is 9.97 Å². The predicted molar refractivity (Wildman–Crippen MR) is 50.6 cm³/mol. The van der Waals surface area contributed by atoms with E-state index in [1.165, 1.54) is 0 Å². The Morgan fingerprint density at radius 3 is 2.93 bits per heavy atom. The summed E-state index contributed by atoms with van der Waals surface area (Å²) in [6.45, 7) is 0. The molecule has 1 aromatic rings. The van der Waals surface area contributed by atoms with Crippen molar-refractivity contribution in [3.05, 3.63) is 24.3 Å². The molecule has 0 fully saturated rings. The Hall–Kier alpha value is -1.49. The Bertz CT molecular complexity index is 289. The zero-order chi connectivity index (χ0) is 10.4. The molecule has 1 heterocycles. The van der Waals surface area contributed by atoms with Crippen LogP contribution in [-0.4, -0.2) is 27.1 Å². The Morgan fingerprint density at radius 1 is 1.57 bits per heavy atom. The van der Waals surface area contributed by atoms with Crippen molar-refractivity contribution in [3.8, 4) is 0 Å². The molecular formula is C9H13N3O2. The highest BCUT2D eigenvalue weighted by molar-refractivity contribution is 5.66. The molecule has 1 unspecified atom stereocenters. The second kappa shape index (κ2) is 5.29. The maximum atomic E-state index is 10.3. The van der Waals surface area contributed by atoms with Crippen molar-refractivity contribution < 1.29 is 9.90 Å². The van der Waals surface area contributed by atoms with Crippen molar-refractivity contribution in [2.24, 2.45) is 5.73 Å². The zero-order valence-corrected chi connectivity index (χ0v) is 7.76. The van der Waals surface area contributed by atoms with E-state index in [-0.39, 0.29) is 12.5 Å². The van der Waals surface area contributed by atoms with Crippen LogP contribution in [0.25, 0.3) is 0 Å². The molecule has 76 valence electrons. The standard InChI is InChI=1S/C9H13N3O2/c10-7(1-2-9(13)14)5-8-6-11-3-4-12-8/h3-4,6-7H,1-2,5,10H2,(H,13,14). The Balaban J connectivity index is 2.34. The molecule has 1 aromatic heterocycles. The first-order valence-corrected chi connectivity index (χ1v) is 4.40. The van der Waals surface area contributed by atoms with Gasteiger partial charge in [0.05, 0.1) is 5.69 Å². The molecule has 0 saturated carbocycles. The molecule has 1 rings (SSSR count). The van der Waals surface area contributed by atoms with Crippen molar-refractivity contribution in [1.29, 1.82) is 0 Å². The summed E-state index contributed by atoms with van der Waals surface area (Å²) in [5.41, 5.74) is 6.52. The van der Waals surface area contributed by atoms with Crippen LogP contribution in [0.3, 0.4) is 0 Å². The van der Waals surface area contributed by atoms with Crippen LogP contribution in [0.15, 0.2) is 18.6 Å². The summed E-state index contributed by atoms with van der Waals surface area (Å²) in [7, 11) is 0. The lowest BCUT2D eigenvalue weighted by Gasteiger charge is -2.08. The molecule has 0 saturated heterocycles. The van der Waals surface area contributed by atoms with E-state index in [4.69, 9.17) is 10.8 Å². The number of aliphatic carboxylic acids is 1. The third kappa shape index (κ3) is 3.95. The fourth-order valence-electron chi connectivity index (χ4n) is 1.11. The van der Waals surface area contributed by atoms with Gasteiger partial charge in [-0.15, -0.1) is 0 Å². The average Bonchev–Trinajstić information content (AvgIpc) is 2.16. The van der Waals surface area contributed by atoms with Crippen LogP contribution in [0, 0.1) is 0 Å². The lowest BCUT2D eigenvalue weighted by atomic mass is 10.1. The number of nitrogens with two attached hydrogens (primary N) is 1. The summed E-state index contributed by atoms with van der Waals surface area (Å²) in [5, 5.41) is 8.44. The molecule has 0 amide bonds. The molecule has 0 aliphatic heterocycles. The fourth-order valence-corrected chi connectivity index (χ4v) is 1.11. The molecule has 0 aromatic carbocycles. The number of aromatic nitrogens is 2. The number of carboxylic acid groups (broad SMARTS) is 1. The monoisotopic (exact) mass is 195 g/mol. The van der Waals surface area contributed by atoms with Gasteiger partial charge in [-0.1, -0.05) is 0 Å². The summed E-state index contributed by atoms with van der Waals surface area (Å²) in [5.74, 6) is -0.820. The fraction of sp³-hybridized carbons (Fsp3) is 0.444. The Kier molecular flexibility index (Phi) is 4.00. The van der Waals surface area contributed by atoms with Crippen LogP contribution in [-0.2, 0) is 11.2 Å². The number of nitrogens with zero attached hydrogens (tertiary/aromatic N) is 2. The van der Waals surface area contributed by atoms with Gasteiger partial charge in [-0.3, -0.25) is 14.8 Å². The molecule has 3 N–H and O–H groups in total. The first-order valence-electron chi connectivity index (χ1n) is 4.40. The number of hydrogen-bond acceptors (Lipinski definition) is 4. The van der Waals surface area contributed by atoms with Crippen molar-refractivity contribution in [3.63, 3.8) is 0 Å². The van der Waals surface area contributed by atoms with E-state index >= 15 is 0 Å². The van der Waals surface area contributed by atoms with Gasteiger partial charge in [-0.25, -0.2) is 0 Å². The lowest BCUT2D eigenvalue weighted by molar-refractivity contribution is -0.137. The number of rotatable bonds is 5. The van der Waals surface area contributed by atoms with Crippen LogP contribution < -0.4 is 5.73 Å². The minimum Gasteiger partial charge on any atom is -0.481 e. The number of hydrogen-bond donors (Lipinski definition) is 2. The minimum absolute atomic E-state index is 0.0986. The van der Waals surface area contributed by atoms with Gasteiger partial charge < -0.3 is 10.8 Å². The van der Waals surface area contributed by atoms with Gasteiger partial charge in [-0.2, -0.15) is 0 Å². The smallest absolute Gasteiger partial charge is 0.303 e. The summed E-state index contributed by atoms with van der Waals surface area (Å²) in [6.07, 6.45) is 5.96. The zero-order valence-electron chi connectivity index (χ0n) is 7.76. The average molecular weight is 195 g/mol. The van der Waals surface area contributed by atoms with Crippen LogP contribution in [0.4, 0.5) is 0 Å². The summed E-state index contributed by atoms with van der Waals surface area (Å²) in [4.78, 5) is 18.2. The highest BCUT2D eigenvalue weighted by atomic mass is 16.4. The highest BCUT2D eigenvalue weighted by Gasteiger charge is 2.07. The largest absolute Gasteiger partial charge is 0.481 e. The quantitative estimate of drug-likeness (QED) is 0.701. The first-order chi connectivity index (χ1) is 6.68. The van der Waals surface area contributed by atoms with Gasteiger partial charge >= 0.3 is 5.97 Å². The normalized spacial score (nSPS) is 12.4. The van der Waals surface area contributed by atoms with Crippen molar-refractivity contribution in [2.75, 3.05) is 0 Å². The van der Waals surface area contributed by atoms with E-state index in [1.54, 1.807) is 18.6 Å². The van der Waals surface area contributed by atoms with Gasteiger partial charge in [-0.05, 0) is 6.42 Å². The first kappa shape index (κ1) is 10.6. The van der Waals surface area contributed by atoms with Crippen molar-refractivity contribution >= 4 is 5.97 Å². The van der Waals surface area contributed by atoms with Gasteiger partial charge in [0.2, 0.25) is 0 Å². The number of carbonyl (C=O) groups is 1. The minimum atomic E-state index is -0.820. The van der Waals surface area contributed by atoms with Gasteiger partial charge in [0.15, 0.2) is 0 Å². The maximum absolute atomic E-state index is 10.3. The van der Waals surface area contributed by atoms with Gasteiger partial charge in [0.25, 0.3) is 0 Å². The van der Waals surface area contributed by atoms with E-state index in [0.29, 0.717) is 12.8 Å². The third-order valence-corrected chi connectivity index (χ3v) is 1.82. The van der Waals surface area contributed by atoms with E-state index in [9.17, 15) is 4.79 Å². The molecule has 0 spiro atoms. The summed E-state index contributed by atoms with van der Waals surface area (Å²) < 4.78 is 0. The van der Waals surface area contributed by atoms with Crippen molar-refractivity contribution in [2.45, 2.75) is 25.3 Å².